The Kier molecular flexibility index (Phi) is 4.31. The van der Waals surface area contributed by atoms with Crippen molar-refractivity contribution in [2.45, 2.75) is 38.6 Å². The van der Waals surface area contributed by atoms with Crippen LogP contribution in [0.3, 0.4) is 0 Å². The molecule has 1 amide bonds. The fourth-order valence-electron chi connectivity index (χ4n) is 3.88. The zero-order chi connectivity index (χ0) is 19.1. The topological polar surface area (TPSA) is 72.1 Å². The number of piperidine rings is 1. The molecule has 3 aromatic heterocycles. The van der Waals surface area contributed by atoms with Crippen molar-refractivity contribution in [1.29, 1.82) is 0 Å². The molecule has 0 bridgehead atoms. The van der Waals surface area contributed by atoms with Crippen molar-refractivity contribution in [2.75, 3.05) is 6.54 Å². The molecule has 1 aliphatic rings. The van der Waals surface area contributed by atoms with Gasteiger partial charge in [0.2, 0.25) is 0 Å². The molecule has 5 rings (SSSR count). The summed E-state index contributed by atoms with van der Waals surface area (Å²) in [6, 6.07) is 10.0. The Bertz CT molecular complexity index is 1130. The number of hydrogen-bond donors (Lipinski definition) is 0. The van der Waals surface area contributed by atoms with Crippen LogP contribution in [0.5, 0.6) is 0 Å². The lowest BCUT2D eigenvalue weighted by atomic mass is 10.0. The molecule has 0 radical (unpaired) electrons. The Balaban J connectivity index is 1.51. The molecule has 0 aliphatic carbocycles. The maximum absolute atomic E-state index is 13.4. The highest BCUT2D eigenvalue weighted by molar-refractivity contribution is 7.18. The third-order valence-corrected chi connectivity index (χ3v) is 6.48. The quantitative estimate of drug-likeness (QED) is 0.502. The number of pyridine rings is 1. The maximum atomic E-state index is 13.4. The predicted octanol–water partition coefficient (Wildman–Crippen LogP) is 4.76. The summed E-state index contributed by atoms with van der Waals surface area (Å²) >= 11 is 1.68. The summed E-state index contributed by atoms with van der Waals surface area (Å²) in [7, 11) is 0. The van der Waals surface area contributed by atoms with Gasteiger partial charge in [-0.2, -0.15) is 0 Å². The molecule has 28 heavy (non-hydrogen) atoms. The van der Waals surface area contributed by atoms with Crippen LogP contribution in [0.15, 0.2) is 41.1 Å². The first-order valence-corrected chi connectivity index (χ1v) is 10.5. The molecule has 0 spiro atoms. The average Bonchev–Trinajstić information content (AvgIpc) is 3.36. The van der Waals surface area contributed by atoms with Gasteiger partial charge in [-0.15, -0.1) is 11.3 Å². The first-order chi connectivity index (χ1) is 13.7. The fraction of sp³-hybridized carbons (Fsp3) is 0.333. The summed E-state index contributed by atoms with van der Waals surface area (Å²) in [5, 5.41) is 5.88. The number of carbonyl (C=O) groups is 1. The Morgan fingerprint density at radius 1 is 1.32 bits per heavy atom. The van der Waals surface area contributed by atoms with E-state index in [-0.39, 0.29) is 11.9 Å². The smallest absolute Gasteiger partial charge is 0.257 e. The Labute approximate surface area is 166 Å². The monoisotopic (exact) mass is 392 g/mol. The first kappa shape index (κ1) is 17.3. The van der Waals surface area contributed by atoms with Gasteiger partial charge in [0.1, 0.15) is 5.01 Å². The largest absolute Gasteiger partial charge is 0.336 e. The van der Waals surface area contributed by atoms with E-state index >= 15 is 0 Å². The Morgan fingerprint density at radius 2 is 2.21 bits per heavy atom. The van der Waals surface area contributed by atoms with Crippen molar-refractivity contribution in [3.63, 3.8) is 0 Å². The van der Waals surface area contributed by atoms with Gasteiger partial charge in [-0.1, -0.05) is 24.2 Å². The second kappa shape index (κ2) is 6.98. The second-order valence-electron chi connectivity index (χ2n) is 7.09. The molecule has 1 saturated heterocycles. The van der Waals surface area contributed by atoms with Gasteiger partial charge in [-0.05, 0) is 43.9 Å². The number of benzene rings is 1. The molecule has 6 nitrogen and oxygen atoms in total. The highest BCUT2D eigenvalue weighted by atomic mass is 32.1. The molecule has 1 atom stereocenters. The molecule has 1 fully saturated rings. The van der Waals surface area contributed by atoms with Crippen LogP contribution in [0.2, 0.25) is 0 Å². The minimum Gasteiger partial charge on any atom is -0.336 e. The summed E-state index contributed by atoms with van der Waals surface area (Å²) in [6.45, 7) is 2.75. The van der Waals surface area contributed by atoms with E-state index in [0.717, 1.165) is 58.5 Å². The SMILES string of the molecule is CCc1noc2ncc(C(=O)N3CCCCC3c3nc4ccccc4s3)cc12. The van der Waals surface area contributed by atoms with Gasteiger partial charge in [-0.25, -0.2) is 9.97 Å². The number of hydrogen-bond acceptors (Lipinski definition) is 6. The van der Waals surface area contributed by atoms with Crippen molar-refractivity contribution in [3.05, 3.63) is 52.8 Å². The molecule has 1 aromatic carbocycles. The second-order valence-corrected chi connectivity index (χ2v) is 8.15. The third-order valence-electron chi connectivity index (χ3n) is 5.35. The molecule has 4 heterocycles. The van der Waals surface area contributed by atoms with E-state index in [0.29, 0.717) is 11.3 Å². The number of carbonyl (C=O) groups excluding carboxylic acids is 1. The van der Waals surface area contributed by atoms with E-state index < -0.39 is 0 Å². The molecular formula is C21H20N4O2S. The van der Waals surface area contributed by atoms with E-state index in [1.54, 1.807) is 17.5 Å². The van der Waals surface area contributed by atoms with E-state index in [2.05, 4.69) is 16.2 Å². The highest BCUT2D eigenvalue weighted by Crippen LogP contribution is 2.36. The minimum atomic E-state index is 0.00149. The van der Waals surface area contributed by atoms with Gasteiger partial charge >= 0.3 is 0 Å². The van der Waals surface area contributed by atoms with E-state index in [1.807, 2.05) is 36.1 Å². The lowest BCUT2D eigenvalue weighted by Crippen LogP contribution is -2.38. The molecule has 0 N–H and O–H groups in total. The minimum absolute atomic E-state index is 0.00149. The Hall–Kier alpha value is -2.80. The van der Waals surface area contributed by atoms with Crippen molar-refractivity contribution < 1.29 is 9.32 Å². The zero-order valence-electron chi connectivity index (χ0n) is 15.6. The number of nitrogens with zero attached hydrogens (tertiary/aromatic N) is 4. The van der Waals surface area contributed by atoms with Gasteiger partial charge in [-0.3, -0.25) is 4.79 Å². The van der Waals surface area contributed by atoms with Crippen molar-refractivity contribution in [2.24, 2.45) is 0 Å². The summed E-state index contributed by atoms with van der Waals surface area (Å²) in [6.07, 6.45) is 5.39. The number of amides is 1. The molecule has 4 aromatic rings. The number of likely N-dealkylation sites (tertiary alicyclic amines) is 1. The molecule has 142 valence electrons. The predicted molar refractivity (Wildman–Crippen MR) is 108 cm³/mol. The normalized spacial score (nSPS) is 17.5. The van der Waals surface area contributed by atoms with Crippen LogP contribution < -0.4 is 0 Å². The van der Waals surface area contributed by atoms with Gasteiger partial charge in [0.05, 0.1) is 32.9 Å². The standard InChI is InChI=1S/C21H20N4O2S/c1-2-15-14-11-13(12-22-19(14)27-24-15)21(26)25-10-6-5-8-17(25)20-23-16-7-3-4-9-18(16)28-20/h3-4,7,9,11-12,17H,2,5-6,8,10H2,1H3. The molecule has 1 aliphatic heterocycles. The summed E-state index contributed by atoms with van der Waals surface area (Å²) in [5.74, 6) is 0.00149. The van der Waals surface area contributed by atoms with Crippen molar-refractivity contribution in [3.8, 4) is 0 Å². The highest BCUT2D eigenvalue weighted by Gasteiger charge is 2.31. The van der Waals surface area contributed by atoms with Crippen LogP contribution in [0.4, 0.5) is 0 Å². The van der Waals surface area contributed by atoms with Crippen LogP contribution in [0.25, 0.3) is 21.3 Å². The molecule has 1 unspecified atom stereocenters. The number of aromatic nitrogens is 3. The molecular weight excluding hydrogens is 372 g/mol. The maximum Gasteiger partial charge on any atom is 0.257 e. The van der Waals surface area contributed by atoms with Crippen LogP contribution in [-0.2, 0) is 6.42 Å². The van der Waals surface area contributed by atoms with E-state index in [9.17, 15) is 4.79 Å². The zero-order valence-corrected chi connectivity index (χ0v) is 16.4. The molecule has 7 heteroatoms. The lowest BCUT2D eigenvalue weighted by molar-refractivity contribution is 0.0611. The van der Waals surface area contributed by atoms with Crippen LogP contribution in [-0.4, -0.2) is 32.5 Å². The lowest BCUT2D eigenvalue weighted by Gasteiger charge is -2.34. The van der Waals surface area contributed by atoms with Crippen LogP contribution in [0.1, 0.15) is 53.3 Å². The Morgan fingerprint density at radius 3 is 3.07 bits per heavy atom. The van der Waals surface area contributed by atoms with Crippen LogP contribution >= 0.6 is 11.3 Å². The summed E-state index contributed by atoms with van der Waals surface area (Å²) < 4.78 is 6.41. The summed E-state index contributed by atoms with van der Waals surface area (Å²) in [4.78, 5) is 24.5. The number of thiazole rings is 1. The molecule has 0 saturated carbocycles. The van der Waals surface area contributed by atoms with E-state index in [1.165, 1.54) is 0 Å². The average molecular weight is 392 g/mol. The number of para-hydroxylation sites is 1. The van der Waals surface area contributed by atoms with Gasteiger partial charge in [0.15, 0.2) is 0 Å². The summed E-state index contributed by atoms with van der Waals surface area (Å²) in [5.41, 5.74) is 2.90. The number of rotatable bonds is 3. The van der Waals surface area contributed by atoms with E-state index in [4.69, 9.17) is 9.51 Å². The number of fused-ring (bicyclic) bond motifs is 2. The van der Waals surface area contributed by atoms with Crippen molar-refractivity contribution in [1.82, 2.24) is 20.0 Å². The first-order valence-electron chi connectivity index (χ1n) is 9.65. The fourth-order valence-corrected chi connectivity index (χ4v) is 5.00. The van der Waals surface area contributed by atoms with Crippen LogP contribution in [0, 0.1) is 0 Å². The third kappa shape index (κ3) is 2.86. The van der Waals surface area contributed by atoms with Gasteiger partial charge < -0.3 is 9.42 Å². The number of aryl methyl sites for hydroxylation is 1. The van der Waals surface area contributed by atoms with Gasteiger partial charge in [0.25, 0.3) is 11.6 Å². The van der Waals surface area contributed by atoms with Crippen molar-refractivity contribution >= 4 is 38.6 Å². The van der Waals surface area contributed by atoms with Gasteiger partial charge in [0, 0.05) is 12.7 Å².